The molecule has 2 aromatic rings. The fourth-order valence-electron chi connectivity index (χ4n) is 1.29. The van der Waals surface area contributed by atoms with Crippen LogP contribution in [0.4, 0.5) is 0 Å². The van der Waals surface area contributed by atoms with E-state index in [0.29, 0.717) is 21.4 Å². The number of fused-ring (bicyclic) bond motifs is 1. The molecule has 0 saturated carbocycles. The summed E-state index contributed by atoms with van der Waals surface area (Å²) < 4.78 is 5.37. The van der Waals surface area contributed by atoms with Crippen LogP contribution in [0.5, 0.6) is 0 Å². The quantitative estimate of drug-likeness (QED) is 0.809. The van der Waals surface area contributed by atoms with Gasteiger partial charge in [0.15, 0.2) is 0 Å². The molecule has 0 amide bonds. The van der Waals surface area contributed by atoms with Crippen molar-refractivity contribution in [3.05, 3.63) is 34.0 Å². The van der Waals surface area contributed by atoms with Gasteiger partial charge in [-0.2, -0.15) is 0 Å². The van der Waals surface area contributed by atoms with Gasteiger partial charge in [-0.1, -0.05) is 23.2 Å². The summed E-state index contributed by atoms with van der Waals surface area (Å²) in [4.78, 5) is 0. The first-order valence-corrected chi connectivity index (χ1v) is 4.90. The molecule has 0 fully saturated rings. The molecule has 2 nitrogen and oxygen atoms in total. The number of aliphatic hydroxyl groups is 1. The van der Waals surface area contributed by atoms with E-state index in [0.717, 1.165) is 5.39 Å². The molecule has 0 radical (unpaired) electrons. The third-order valence-electron chi connectivity index (χ3n) is 1.98. The lowest BCUT2D eigenvalue weighted by Gasteiger charge is -1.95. The summed E-state index contributed by atoms with van der Waals surface area (Å²) >= 11 is 11.8. The number of aliphatic hydroxyl groups excluding tert-OH is 1. The highest BCUT2D eigenvalue weighted by Gasteiger charge is 2.11. The van der Waals surface area contributed by atoms with Crippen molar-refractivity contribution in [2.75, 3.05) is 0 Å². The first-order valence-electron chi connectivity index (χ1n) is 4.14. The van der Waals surface area contributed by atoms with E-state index in [1.165, 1.54) is 0 Å². The van der Waals surface area contributed by atoms with Gasteiger partial charge in [0, 0.05) is 16.5 Å². The first-order chi connectivity index (χ1) is 6.58. The summed E-state index contributed by atoms with van der Waals surface area (Å²) in [6, 6.07) is 5.04. The largest absolute Gasteiger partial charge is 0.458 e. The van der Waals surface area contributed by atoms with Crippen LogP contribution in [0, 0.1) is 0 Å². The monoisotopic (exact) mass is 230 g/mol. The SMILES string of the molecule is CC(O)c1cc2c(Cl)cc(Cl)cc2o1. The Morgan fingerprint density at radius 1 is 1.29 bits per heavy atom. The molecule has 2 rings (SSSR count). The van der Waals surface area contributed by atoms with Crippen LogP contribution in [0.15, 0.2) is 22.6 Å². The normalized spacial score (nSPS) is 13.4. The molecule has 1 aromatic carbocycles. The maximum absolute atomic E-state index is 9.32. The average molecular weight is 231 g/mol. The van der Waals surface area contributed by atoms with Crippen molar-refractivity contribution in [2.24, 2.45) is 0 Å². The Hall–Kier alpha value is -0.700. The maximum Gasteiger partial charge on any atom is 0.137 e. The maximum atomic E-state index is 9.32. The Morgan fingerprint density at radius 3 is 2.64 bits per heavy atom. The summed E-state index contributed by atoms with van der Waals surface area (Å²) in [7, 11) is 0. The summed E-state index contributed by atoms with van der Waals surface area (Å²) in [5.74, 6) is 0.490. The highest BCUT2D eigenvalue weighted by Crippen LogP contribution is 2.32. The lowest BCUT2D eigenvalue weighted by molar-refractivity contribution is 0.172. The van der Waals surface area contributed by atoms with Gasteiger partial charge in [0.25, 0.3) is 0 Å². The molecule has 0 spiro atoms. The fraction of sp³-hybridized carbons (Fsp3) is 0.200. The molecule has 4 heteroatoms. The van der Waals surface area contributed by atoms with E-state index in [1.807, 2.05) is 0 Å². The van der Waals surface area contributed by atoms with Crippen LogP contribution in [0.3, 0.4) is 0 Å². The molecular formula is C10H8Cl2O2. The Kier molecular flexibility index (Phi) is 2.43. The average Bonchev–Trinajstić information content (AvgIpc) is 2.47. The topological polar surface area (TPSA) is 33.4 Å². The van der Waals surface area contributed by atoms with Crippen LogP contribution in [-0.2, 0) is 0 Å². The van der Waals surface area contributed by atoms with Gasteiger partial charge in [0.1, 0.15) is 17.4 Å². The van der Waals surface area contributed by atoms with E-state index in [1.54, 1.807) is 25.1 Å². The third-order valence-corrected chi connectivity index (χ3v) is 2.51. The Balaban J connectivity index is 2.70. The molecule has 1 unspecified atom stereocenters. The number of hydrogen-bond acceptors (Lipinski definition) is 2. The van der Waals surface area contributed by atoms with Crippen LogP contribution >= 0.6 is 23.2 Å². The number of benzene rings is 1. The van der Waals surface area contributed by atoms with Gasteiger partial charge in [0.2, 0.25) is 0 Å². The minimum Gasteiger partial charge on any atom is -0.458 e. The number of halogens is 2. The smallest absolute Gasteiger partial charge is 0.137 e. The Morgan fingerprint density at radius 2 is 2.00 bits per heavy atom. The van der Waals surface area contributed by atoms with Crippen molar-refractivity contribution in [2.45, 2.75) is 13.0 Å². The highest BCUT2D eigenvalue weighted by atomic mass is 35.5. The first kappa shape index (κ1) is 9.84. The zero-order valence-electron chi connectivity index (χ0n) is 7.42. The zero-order valence-corrected chi connectivity index (χ0v) is 8.93. The number of hydrogen-bond donors (Lipinski definition) is 1. The van der Waals surface area contributed by atoms with Crippen molar-refractivity contribution >= 4 is 34.2 Å². The predicted octanol–water partition coefficient (Wildman–Crippen LogP) is 3.79. The van der Waals surface area contributed by atoms with Crippen molar-refractivity contribution in [3.8, 4) is 0 Å². The van der Waals surface area contributed by atoms with Gasteiger partial charge in [-0.25, -0.2) is 0 Å². The second-order valence-corrected chi connectivity index (χ2v) is 3.97. The van der Waals surface area contributed by atoms with Crippen LogP contribution in [0.1, 0.15) is 18.8 Å². The molecule has 1 heterocycles. The van der Waals surface area contributed by atoms with Crippen LogP contribution < -0.4 is 0 Å². The minimum atomic E-state index is -0.641. The van der Waals surface area contributed by atoms with Crippen molar-refractivity contribution < 1.29 is 9.52 Å². The van der Waals surface area contributed by atoms with E-state index in [4.69, 9.17) is 27.6 Å². The van der Waals surface area contributed by atoms with Gasteiger partial charge in [-0.15, -0.1) is 0 Å². The summed E-state index contributed by atoms with van der Waals surface area (Å²) in [5.41, 5.74) is 0.596. The van der Waals surface area contributed by atoms with Crippen LogP contribution in [0.25, 0.3) is 11.0 Å². The molecule has 0 aliphatic carbocycles. The van der Waals surface area contributed by atoms with Crippen LogP contribution in [0.2, 0.25) is 10.0 Å². The Bertz CT molecular complexity index is 474. The molecule has 0 bridgehead atoms. The van der Waals surface area contributed by atoms with E-state index in [9.17, 15) is 5.11 Å². The summed E-state index contributed by atoms with van der Waals surface area (Å²) in [6.45, 7) is 1.63. The van der Waals surface area contributed by atoms with E-state index in [2.05, 4.69) is 0 Å². The summed E-state index contributed by atoms with van der Waals surface area (Å²) in [6.07, 6.45) is -0.641. The minimum absolute atomic E-state index is 0.490. The number of furan rings is 1. The standard InChI is InChI=1S/C10H8Cl2O2/c1-5(13)9-4-7-8(12)2-6(11)3-10(7)14-9/h2-5,13H,1H3. The second kappa shape index (κ2) is 3.46. The molecule has 74 valence electrons. The second-order valence-electron chi connectivity index (χ2n) is 3.12. The van der Waals surface area contributed by atoms with Crippen molar-refractivity contribution in [3.63, 3.8) is 0 Å². The lowest BCUT2D eigenvalue weighted by Crippen LogP contribution is -1.85. The molecule has 0 saturated heterocycles. The van der Waals surface area contributed by atoms with Crippen molar-refractivity contribution in [1.29, 1.82) is 0 Å². The molecule has 14 heavy (non-hydrogen) atoms. The van der Waals surface area contributed by atoms with E-state index >= 15 is 0 Å². The molecule has 1 atom stereocenters. The zero-order chi connectivity index (χ0) is 10.3. The van der Waals surface area contributed by atoms with Gasteiger partial charge in [-0.05, 0) is 19.1 Å². The number of rotatable bonds is 1. The van der Waals surface area contributed by atoms with E-state index < -0.39 is 6.10 Å². The summed E-state index contributed by atoms with van der Waals surface area (Å²) in [5, 5.41) is 11.1. The molecule has 1 aromatic heterocycles. The van der Waals surface area contributed by atoms with Gasteiger partial charge in [-0.3, -0.25) is 0 Å². The van der Waals surface area contributed by atoms with Crippen LogP contribution in [-0.4, -0.2) is 5.11 Å². The highest BCUT2D eigenvalue weighted by molar-refractivity contribution is 6.38. The predicted molar refractivity (Wildman–Crippen MR) is 56.9 cm³/mol. The molecule has 0 aliphatic heterocycles. The van der Waals surface area contributed by atoms with Gasteiger partial charge < -0.3 is 9.52 Å². The third kappa shape index (κ3) is 1.61. The molecular weight excluding hydrogens is 223 g/mol. The van der Waals surface area contributed by atoms with E-state index in [-0.39, 0.29) is 0 Å². The molecule has 1 N–H and O–H groups in total. The Labute approximate surface area is 91.0 Å². The van der Waals surface area contributed by atoms with Gasteiger partial charge in [0.05, 0.1) is 5.02 Å². The fourth-order valence-corrected chi connectivity index (χ4v) is 1.82. The van der Waals surface area contributed by atoms with Gasteiger partial charge >= 0.3 is 0 Å². The lowest BCUT2D eigenvalue weighted by atomic mass is 10.2. The van der Waals surface area contributed by atoms with Crippen molar-refractivity contribution in [1.82, 2.24) is 0 Å². The molecule has 0 aliphatic rings.